The molecule has 2 aliphatic rings. The number of amides is 2. The fourth-order valence-corrected chi connectivity index (χ4v) is 6.58. The van der Waals surface area contributed by atoms with E-state index in [0.29, 0.717) is 23.9 Å². The van der Waals surface area contributed by atoms with Crippen molar-refractivity contribution in [1.82, 2.24) is 14.2 Å². The van der Waals surface area contributed by atoms with Crippen LogP contribution in [-0.2, 0) is 16.6 Å². The number of fused-ring (bicyclic) bond motifs is 1. The highest BCUT2D eigenvalue weighted by Crippen LogP contribution is 2.30. The van der Waals surface area contributed by atoms with E-state index in [1.54, 1.807) is 24.3 Å². The molecular formula is C18H19N3O4S2. The number of thiophene rings is 1. The fourth-order valence-electron chi connectivity index (χ4n) is 3.49. The third-order valence-electron chi connectivity index (χ3n) is 4.90. The van der Waals surface area contributed by atoms with Crippen LogP contribution in [0.5, 0.6) is 0 Å². The first kappa shape index (κ1) is 18.3. The molecule has 0 unspecified atom stereocenters. The second-order valence-electron chi connectivity index (χ2n) is 6.93. The Kier molecular flexibility index (Phi) is 4.61. The highest BCUT2D eigenvalue weighted by atomic mass is 32.2. The van der Waals surface area contributed by atoms with Gasteiger partial charge in [0, 0.05) is 24.2 Å². The summed E-state index contributed by atoms with van der Waals surface area (Å²) in [6, 6.07) is 6.42. The topological polar surface area (TPSA) is 87.7 Å². The predicted molar refractivity (Wildman–Crippen MR) is 99.9 cm³/mol. The number of piperidine rings is 1. The van der Waals surface area contributed by atoms with E-state index in [9.17, 15) is 18.0 Å². The van der Waals surface area contributed by atoms with Crippen LogP contribution >= 0.6 is 11.3 Å². The van der Waals surface area contributed by atoms with Gasteiger partial charge in [0.25, 0.3) is 21.8 Å². The first-order valence-corrected chi connectivity index (χ1v) is 11.0. The monoisotopic (exact) mass is 405 g/mol. The van der Waals surface area contributed by atoms with Crippen LogP contribution in [0.2, 0.25) is 0 Å². The maximum absolute atomic E-state index is 12.9. The summed E-state index contributed by atoms with van der Waals surface area (Å²) in [6.07, 6.45) is 3.37. The smallest absolute Gasteiger partial charge is 0.268 e. The Labute approximate surface area is 161 Å². The molecule has 4 heterocycles. The van der Waals surface area contributed by atoms with Crippen LogP contribution in [0, 0.1) is 5.92 Å². The van der Waals surface area contributed by atoms with Gasteiger partial charge in [-0.15, -0.1) is 11.3 Å². The summed E-state index contributed by atoms with van der Waals surface area (Å²) in [7, 11) is -3.54. The molecule has 2 aromatic heterocycles. The highest BCUT2D eigenvalue weighted by molar-refractivity contribution is 7.91. The number of aromatic nitrogens is 1. The van der Waals surface area contributed by atoms with Gasteiger partial charge in [-0.1, -0.05) is 6.92 Å². The molecule has 0 aliphatic carbocycles. The van der Waals surface area contributed by atoms with Crippen molar-refractivity contribution >= 4 is 33.2 Å². The Balaban J connectivity index is 1.54. The van der Waals surface area contributed by atoms with E-state index in [0.717, 1.165) is 29.1 Å². The van der Waals surface area contributed by atoms with Gasteiger partial charge in [-0.05, 0) is 43.0 Å². The van der Waals surface area contributed by atoms with Gasteiger partial charge >= 0.3 is 0 Å². The molecule has 1 atom stereocenters. The molecule has 4 rings (SSSR count). The molecule has 9 heteroatoms. The first-order valence-electron chi connectivity index (χ1n) is 8.78. The minimum Gasteiger partial charge on any atom is -0.268 e. The van der Waals surface area contributed by atoms with Gasteiger partial charge in [0.1, 0.15) is 9.90 Å². The van der Waals surface area contributed by atoms with Gasteiger partial charge < -0.3 is 0 Å². The third-order valence-corrected chi connectivity index (χ3v) is 8.30. The van der Waals surface area contributed by atoms with Crippen molar-refractivity contribution in [3.8, 4) is 0 Å². The molecule has 0 aromatic carbocycles. The van der Waals surface area contributed by atoms with Crippen LogP contribution in [0.1, 0.15) is 45.5 Å². The van der Waals surface area contributed by atoms with E-state index < -0.39 is 21.8 Å². The Morgan fingerprint density at radius 3 is 2.78 bits per heavy atom. The molecule has 1 fully saturated rings. The lowest BCUT2D eigenvalue weighted by Gasteiger charge is -2.29. The highest BCUT2D eigenvalue weighted by Gasteiger charge is 2.37. The van der Waals surface area contributed by atoms with E-state index in [2.05, 4.69) is 11.9 Å². The quantitative estimate of drug-likeness (QED) is 0.729. The Hall–Kier alpha value is -2.10. The summed E-state index contributed by atoms with van der Waals surface area (Å²) in [4.78, 5) is 30.6. The van der Waals surface area contributed by atoms with Crippen molar-refractivity contribution in [3.63, 3.8) is 0 Å². The molecule has 0 saturated carbocycles. The second-order valence-corrected chi connectivity index (χ2v) is 10.3. The summed E-state index contributed by atoms with van der Waals surface area (Å²) >= 11 is 1.11. The molecule has 7 nitrogen and oxygen atoms in total. The summed E-state index contributed by atoms with van der Waals surface area (Å²) in [5.74, 6) is -0.497. The lowest BCUT2D eigenvalue weighted by Crippen LogP contribution is -2.38. The molecule has 2 aromatic rings. The van der Waals surface area contributed by atoms with Gasteiger partial charge in [-0.2, -0.15) is 4.31 Å². The average molecular weight is 406 g/mol. The summed E-state index contributed by atoms with van der Waals surface area (Å²) < 4.78 is 27.5. The predicted octanol–water partition coefficient (Wildman–Crippen LogP) is 2.36. The number of hydrogen-bond donors (Lipinski definition) is 0. The Morgan fingerprint density at radius 1 is 1.22 bits per heavy atom. The molecule has 1 saturated heterocycles. The van der Waals surface area contributed by atoms with E-state index >= 15 is 0 Å². The summed E-state index contributed by atoms with van der Waals surface area (Å²) in [5, 5.41) is 0. The summed E-state index contributed by atoms with van der Waals surface area (Å²) in [5.41, 5.74) is 0.434. The van der Waals surface area contributed by atoms with Crippen LogP contribution in [0.25, 0.3) is 0 Å². The molecular weight excluding hydrogens is 386 g/mol. The van der Waals surface area contributed by atoms with Gasteiger partial charge in [-0.25, -0.2) is 8.42 Å². The average Bonchev–Trinajstić information content (AvgIpc) is 3.22. The lowest BCUT2D eigenvalue weighted by molar-refractivity contribution is 0.0642. The zero-order chi connectivity index (χ0) is 19.2. The zero-order valence-electron chi connectivity index (χ0n) is 14.8. The SMILES string of the molecule is C[C@@H]1CCCN(S(=O)(=O)c2ccc(CN3C(=O)c4cccnc4C3=O)s2)C1. The second kappa shape index (κ2) is 6.81. The molecule has 27 heavy (non-hydrogen) atoms. The molecule has 0 spiro atoms. The molecule has 2 aliphatic heterocycles. The largest absolute Gasteiger partial charge is 0.280 e. The van der Waals surface area contributed by atoms with Crippen molar-refractivity contribution in [1.29, 1.82) is 0 Å². The third kappa shape index (κ3) is 3.19. The van der Waals surface area contributed by atoms with Crippen molar-refractivity contribution in [3.05, 3.63) is 46.6 Å². The molecule has 0 N–H and O–H groups in total. The number of rotatable bonds is 4. The number of imide groups is 1. The van der Waals surface area contributed by atoms with E-state index in [1.807, 2.05) is 0 Å². The van der Waals surface area contributed by atoms with Crippen molar-refractivity contribution in [2.24, 2.45) is 5.92 Å². The van der Waals surface area contributed by atoms with Crippen LogP contribution in [0.4, 0.5) is 0 Å². The minimum atomic E-state index is -3.54. The fraction of sp³-hybridized carbons (Fsp3) is 0.389. The number of nitrogens with zero attached hydrogens (tertiary/aromatic N) is 3. The molecule has 0 radical (unpaired) electrons. The number of sulfonamides is 1. The van der Waals surface area contributed by atoms with Crippen molar-refractivity contribution < 1.29 is 18.0 Å². The van der Waals surface area contributed by atoms with Gasteiger partial charge in [0.05, 0.1) is 12.1 Å². The minimum absolute atomic E-state index is 0.0462. The van der Waals surface area contributed by atoms with Gasteiger partial charge in [0.15, 0.2) is 0 Å². The summed E-state index contributed by atoms with van der Waals surface area (Å²) in [6.45, 7) is 3.16. The van der Waals surface area contributed by atoms with Crippen LogP contribution in [0.3, 0.4) is 0 Å². The zero-order valence-corrected chi connectivity index (χ0v) is 16.4. The van der Waals surface area contributed by atoms with Crippen LogP contribution in [-0.4, -0.2) is 47.5 Å². The normalized spacial score (nSPS) is 20.9. The number of carbonyl (C=O) groups excluding carboxylic acids is 2. The van der Waals surface area contributed by atoms with E-state index in [-0.39, 0.29) is 22.0 Å². The molecule has 0 bridgehead atoms. The van der Waals surface area contributed by atoms with E-state index in [4.69, 9.17) is 0 Å². The van der Waals surface area contributed by atoms with E-state index in [1.165, 1.54) is 10.5 Å². The number of pyridine rings is 1. The lowest BCUT2D eigenvalue weighted by atomic mass is 10.0. The van der Waals surface area contributed by atoms with Crippen LogP contribution < -0.4 is 0 Å². The van der Waals surface area contributed by atoms with Crippen LogP contribution in [0.15, 0.2) is 34.7 Å². The van der Waals surface area contributed by atoms with Crippen molar-refractivity contribution in [2.75, 3.05) is 13.1 Å². The standard InChI is InChI=1S/C18H19N3O4S2/c1-12-4-3-9-20(10-12)27(24,25)15-7-6-13(26-15)11-21-17(22)14-5-2-8-19-16(14)18(21)23/h2,5-8,12H,3-4,9-11H2,1H3/t12-/m1/s1. The number of carbonyl (C=O) groups is 2. The van der Waals surface area contributed by atoms with Crippen molar-refractivity contribution in [2.45, 2.75) is 30.5 Å². The maximum atomic E-state index is 12.9. The Morgan fingerprint density at radius 2 is 2.04 bits per heavy atom. The van der Waals surface area contributed by atoms with Gasteiger partial charge in [-0.3, -0.25) is 19.5 Å². The first-order chi connectivity index (χ1) is 12.9. The Bertz CT molecular complexity index is 980. The molecule has 142 valence electrons. The van der Waals surface area contributed by atoms with Gasteiger partial charge in [0.2, 0.25) is 0 Å². The maximum Gasteiger partial charge on any atom is 0.280 e. The molecule has 2 amide bonds. The number of hydrogen-bond acceptors (Lipinski definition) is 6.